The molecule has 3 aromatic rings. The second-order valence-electron chi connectivity index (χ2n) is 8.85. The normalized spacial score (nSPS) is 14.6. The molecule has 0 unspecified atom stereocenters. The van der Waals surface area contributed by atoms with E-state index >= 15 is 0 Å². The van der Waals surface area contributed by atoms with Crippen molar-refractivity contribution in [2.75, 3.05) is 6.61 Å². The average Bonchev–Trinajstić information content (AvgIpc) is 3.32. The number of aromatic nitrogens is 3. The van der Waals surface area contributed by atoms with Crippen LogP contribution in [0.1, 0.15) is 24.8 Å². The predicted octanol–water partition coefficient (Wildman–Crippen LogP) is 6.63. The summed E-state index contributed by atoms with van der Waals surface area (Å²) in [5, 5.41) is 0.494. The van der Waals surface area contributed by atoms with Gasteiger partial charge in [0.05, 0.1) is 16.6 Å². The van der Waals surface area contributed by atoms with E-state index in [1.807, 2.05) is 18.2 Å². The zero-order valence-corrected chi connectivity index (χ0v) is 19.2. The number of fused-ring (bicyclic) bond motifs is 1. The Balaban J connectivity index is 1.77. The summed E-state index contributed by atoms with van der Waals surface area (Å²) in [6, 6.07) is 11.4. The minimum atomic E-state index is -1.13. The van der Waals surface area contributed by atoms with Crippen molar-refractivity contribution in [1.29, 1.82) is 0 Å². The summed E-state index contributed by atoms with van der Waals surface area (Å²) in [5.41, 5.74) is 5.39. The van der Waals surface area contributed by atoms with E-state index in [0.29, 0.717) is 11.9 Å². The van der Waals surface area contributed by atoms with Gasteiger partial charge in [-0.15, -0.1) is 0 Å². The third kappa shape index (κ3) is 4.47. The van der Waals surface area contributed by atoms with Gasteiger partial charge in [0, 0.05) is 20.9 Å². The van der Waals surface area contributed by atoms with Gasteiger partial charge in [-0.2, -0.15) is 0 Å². The van der Waals surface area contributed by atoms with Crippen LogP contribution in [-0.4, -0.2) is 29.2 Å². The van der Waals surface area contributed by atoms with Gasteiger partial charge in [-0.1, -0.05) is 49.5 Å². The molecule has 6 heteroatoms. The van der Waals surface area contributed by atoms with Gasteiger partial charge < -0.3 is 4.74 Å². The van der Waals surface area contributed by atoms with Crippen LogP contribution in [0, 0.1) is 0 Å². The Kier molecular flexibility index (Phi) is 5.90. The van der Waals surface area contributed by atoms with Gasteiger partial charge in [0.2, 0.25) is 0 Å². The van der Waals surface area contributed by atoms with Gasteiger partial charge in [-0.3, -0.25) is 4.57 Å². The molecular formula is C23H28ClN3OSi. The van der Waals surface area contributed by atoms with E-state index in [1.54, 1.807) is 6.20 Å². The van der Waals surface area contributed by atoms with E-state index in [4.69, 9.17) is 21.3 Å². The Morgan fingerprint density at radius 3 is 2.76 bits per heavy atom. The predicted molar refractivity (Wildman–Crippen MR) is 124 cm³/mol. The fourth-order valence-corrected chi connectivity index (χ4v) is 4.76. The Bertz CT molecular complexity index is 1050. The van der Waals surface area contributed by atoms with Crippen LogP contribution < -0.4 is 0 Å². The SMILES string of the molecule is C[Si](C)(C)CCOCn1c(-c2c(C3=CCCC3)ccnc2Cl)nc2ccccc21. The average molecular weight is 426 g/mol. The molecule has 1 aliphatic carbocycles. The highest BCUT2D eigenvalue weighted by Gasteiger charge is 2.22. The third-order valence-corrected chi connectivity index (χ3v) is 7.38. The lowest BCUT2D eigenvalue weighted by Crippen LogP contribution is -2.22. The highest BCUT2D eigenvalue weighted by Crippen LogP contribution is 2.38. The maximum Gasteiger partial charge on any atom is 0.146 e. The van der Waals surface area contributed by atoms with Crippen molar-refractivity contribution in [1.82, 2.24) is 14.5 Å². The molecule has 0 radical (unpaired) electrons. The molecule has 1 aromatic carbocycles. The number of para-hydroxylation sites is 2. The smallest absolute Gasteiger partial charge is 0.146 e. The Morgan fingerprint density at radius 1 is 1.17 bits per heavy atom. The fourth-order valence-electron chi connectivity index (χ4n) is 3.76. The first-order chi connectivity index (χ1) is 13.9. The topological polar surface area (TPSA) is 39.9 Å². The molecular weight excluding hydrogens is 398 g/mol. The zero-order chi connectivity index (χ0) is 20.4. The largest absolute Gasteiger partial charge is 0.361 e. The summed E-state index contributed by atoms with van der Waals surface area (Å²) in [5.74, 6) is 0.833. The minimum Gasteiger partial charge on any atom is -0.361 e. The summed E-state index contributed by atoms with van der Waals surface area (Å²) in [6.45, 7) is 8.33. The first kappa shape index (κ1) is 20.3. The third-order valence-electron chi connectivity index (χ3n) is 5.39. The van der Waals surface area contributed by atoms with Crippen LogP contribution in [0.3, 0.4) is 0 Å². The van der Waals surface area contributed by atoms with Crippen molar-refractivity contribution in [3.63, 3.8) is 0 Å². The number of hydrogen-bond donors (Lipinski definition) is 0. The number of benzene rings is 1. The van der Waals surface area contributed by atoms with E-state index in [0.717, 1.165) is 53.5 Å². The van der Waals surface area contributed by atoms with Crippen LogP contribution in [0.25, 0.3) is 28.0 Å². The van der Waals surface area contributed by atoms with Crippen LogP contribution in [0.4, 0.5) is 0 Å². The first-order valence-electron chi connectivity index (χ1n) is 10.3. The number of allylic oxidation sites excluding steroid dienone is 2. The second kappa shape index (κ2) is 8.42. The van der Waals surface area contributed by atoms with Crippen LogP contribution in [-0.2, 0) is 11.5 Å². The lowest BCUT2D eigenvalue weighted by atomic mass is 10.0. The number of imidazole rings is 1. The molecule has 0 bridgehead atoms. The van der Waals surface area contributed by atoms with Crippen molar-refractivity contribution in [2.24, 2.45) is 0 Å². The number of pyridine rings is 1. The molecule has 0 aliphatic heterocycles. The summed E-state index contributed by atoms with van der Waals surface area (Å²) in [7, 11) is -1.13. The minimum absolute atomic E-state index is 0.462. The Labute approximate surface area is 178 Å². The lowest BCUT2D eigenvalue weighted by molar-refractivity contribution is 0.0909. The molecule has 152 valence electrons. The number of nitrogens with zero attached hydrogens (tertiary/aromatic N) is 3. The highest BCUT2D eigenvalue weighted by atomic mass is 35.5. The second-order valence-corrected chi connectivity index (χ2v) is 14.8. The van der Waals surface area contributed by atoms with Crippen molar-refractivity contribution < 1.29 is 4.74 Å². The summed E-state index contributed by atoms with van der Waals surface area (Å²) in [6.07, 6.45) is 7.47. The van der Waals surface area contributed by atoms with Gasteiger partial charge in [0.1, 0.15) is 17.7 Å². The highest BCUT2D eigenvalue weighted by molar-refractivity contribution is 6.76. The lowest BCUT2D eigenvalue weighted by Gasteiger charge is -2.17. The van der Waals surface area contributed by atoms with Crippen LogP contribution in [0.2, 0.25) is 30.8 Å². The number of ether oxygens (including phenoxy) is 1. The van der Waals surface area contributed by atoms with Gasteiger partial charge in [0.15, 0.2) is 0 Å². The molecule has 2 aromatic heterocycles. The summed E-state index contributed by atoms with van der Waals surface area (Å²) < 4.78 is 8.25. The van der Waals surface area contributed by atoms with E-state index in [2.05, 4.69) is 47.4 Å². The fraction of sp³-hybridized carbons (Fsp3) is 0.391. The first-order valence-corrected chi connectivity index (χ1v) is 14.4. The molecule has 0 atom stereocenters. The molecule has 29 heavy (non-hydrogen) atoms. The maximum absolute atomic E-state index is 6.64. The molecule has 0 amide bonds. The van der Waals surface area contributed by atoms with E-state index in [-0.39, 0.29) is 0 Å². The molecule has 0 saturated heterocycles. The van der Waals surface area contributed by atoms with Crippen molar-refractivity contribution >= 4 is 36.3 Å². The molecule has 0 fully saturated rings. The summed E-state index contributed by atoms with van der Waals surface area (Å²) in [4.78, 5) is 9.32. The van der Waals surface area contributed by atoms with E-state index < -0.39 is 8.07 Å². The van der Waals surface area contributed by atoms with Crippen LogP contribution in [0.5, 0.6) is 0 Å². The molecule has 0 spiro atoms. The Hall–Kier alpha value is -1.95. The van der Waals surface area contributed by atoms with Crippen LogP contribution in [0.15, 0.2) is 42.6 Å². The molecule has 0 N–H and O–H groups in total. The van der Waals surface area contributed by atoms with Gasteiger partial charge in [-0.25, -0.2) is 9.97 Å². The molecule has 4 rings (SSSR count). The number of rotatable bonds is 7. The van der Waals surface area contributed by atoms with Crippen LogP contribution >= 0.6 is 11.6 Å². The van der Waals surface area contributed by atoms with Gasteiger partial charge in [0.25, 0.3) is 0 Å². The number of hydrogen-bond acceptors (Lipinski definition) is 3. The van der Waals surface area contributed by atoms with Gasteiger partial charge in [-0.05, 0) is 54.6 Å². The molecule has 4 nitrogen and oxygen atoms in total. The molecule has 1 aliphatic rings. The monoisotopic (exact) mass is 425 g/mol. The van der Waals surface area contributed by atoms with Crippen molar-refractivity contribution in [3.05, 3.63) is 53.3 Å². The maximum atomic E-state index is 6.64. The van der Waals surface area contributed by atoms with Crippen molar-refractivity contribution in [2.45, 2.75) is 51.7 Å². The standard InChI is InChI=1S/C23H28ClN3OSi/c1-29(2,3)15-14-28-16-27-20-11-7-6-10-19(20)26-23(27)21-18(12-13-25-22(21)24)17-8-4-5-9-17/h6-8,10-13H,4-5,9,14-16H2,1-3H3. The Morgan fingerprint density at radius 2 is 2.00 bits per heavy atom. The van der Waals surface area contributed by atoms with E-state index in [1.165, 1.54) is 12.0 Å². The van der Waals surface area contributed by atoms with Gasteiger partial charge >= 0.3 is 0 Å². The molecule has 0 saturated carbocycles. The van der Waals surface area contributed by atoms with E-state index in [9.17, 15) is 0 Å². The quantitative estimate of drug-likeness (QED) is 0.242. The molecule has 2 heterocycles. The van der Waals surface area contributed by atoms with Crippen molar-refractivity contribution in [3.8, 4) is 11.4 Å². The number of halogens is 1. The zero-order valence-electron chi connectivity index (χ0n) is 17.4. The summed E-state index contributed by atoms with van der Waals surface area (Å²) >= 11 is 6.64.